The third-order valence-electron chi connectivity index (χ3n) is 4.02. The van der Waals surface area contributed by atoms with E-state index in [0.717, 1.165) is 26.6 Å². The molecule has 0 fully saturated rings. The molecule has 0 saturated heterocycles. The average Bonchev–Trinajstić information content (AvgIpc) is 2.55. The van der Waals surface area contributed by atoms with Crippen LogP contribution in [-0.4, -0.2) is 17.9 Å². The number of carbonyl (C=O) groups is 1. The first-order chi connectivity index (χ1) is 11.0. The zero-order valence-corrected chi connectivity index (χ0v) is 14.8. The van der Waals surface area contributed by atoms with Crippen molar-refractivity contribution in [1.82, 2.24) is 4.98 Å². The maximum absolute atomic E-state index is 12.9. The molecule has 1 aromatic heterocycles. The fraction of sp³-hybridized carbons (Fsp3) is 0.158. The number of pyridine rings is 1. The Bertz CT molecular complexity index is 919. The van der Waals surface area contributed by atoms with Gasteiger partial charge < -0.3 is 4.74 Å². The summed E-state index contributed by atoms with van der Waals surface area (Å²) in [6.45, 7) is 4.03. The molecule has 0 unspecified atom stereocenters. The van der Waals surface area contributed by atoms with Gasteiger partial charge in [0.25, 0.3) is 0 Å². The lowest BCUT2D eigenvalue weighted by atomic mass is 9.99. The van der Waals surface area contributed by atoms with Gasteiger partial charge in [-0.05, 0) is 70.6 Å². The number of aryl methyl sites for hydroxylation is 2. The molecule has 3 rings (SSSR count). The second kappa shape index (κ2) is 6.13. The van der Waals surface area contributed by atoms with Gasteiger partial charge in [0, 0.05) is 17.1 Å². The number of hydrogen-bond acceptors (Lipinski definition) is 3. The van der Waals surface area contributed by atoms with Crippen molar-refractivity contribution < 1.29 is 9.53 Å². The van der Waals surface area contributed by atoms with Crippen LogP contribution in [0.3, 0.4) is 0 Å². The van der Waals surface area contributed by atoms with Crippen molar-refractivity contribution in [3.8, 4) is 5.75 Å². The third-order valence-corrected chi connectivity index (χ3v) is 4.64. The predicted molar refractivity (Wildman–Crippen MR) is 95.3 cm³/mol. The van der Waals surface area contributed by atoms with E-state index < -0.39 is 0 Å². The Kier molecular flexibility index (Phi) is 4.18. The Hall–Kier alpha value is -2.20. The quantitative estimate of drug-likeness (QED) is 0.619. The number of benzene rings is 2. The van der Waals surface area contributed by atoms with E-state index in [9.17, 15) is 4.79 Å². The van der Waals surface area contributed by atoms with Crippen LogP contribution in [0, 0.1) is 13.8 Å². The molecule has 4 heteroatoms. The highest BCUT2D eigenvalue weighted by atomic mass is 79.9. The molecule has 3 aromatic rings. The number of methoxy groups -OCH3 is 1. The minimum absolute atomic E-state index is 0.0734. The molecule has 1 heterocycles. The van der Waals surface area contributed by atoms with E-state index in [1.165, 1.54) is 5.56 Å². The van der Waals surface area contributed by atoms with Gasteiger partial charge in [-0.1, -0.05) is 12.1 Å². The Labute approximate surface area is 143 Å². The smallest absolute Gasteiger partial charge is 0.211 e. The van der Waals surface area contributed by atoms with E-state index >= 15 is 0 Å². The lowest BCUT2D eigenvalue weighted by Crippen LogP contribution is -2.05. The minimum Gasteiger partial charge on any atom is -0.496 e. The Morgan fingerprint density at radius 3 is 2.57 bits per heavy atom. The van der Waals surface area contributed by atoms with Crippen molar-refractivity contribution in [2.24, 2.45) is 0 Å². The van der Waals surface area contributed by atoms with Crippen LogP contribution in [0.4, 0.5) is 0 Å². The SMILES string of the molecule is COc1cc2ccnc(C(=O)c3ccc(C)c(C)c3)c2cc1Br. The predicted octanol–water partition coefficient (Wildman–Crippen LogP) is 4.85. The summed E-state index contributed by atoms with van der Waals surface area (Å²) in [5.74, 6) is 0.657. The number of ether oxygens (including phenoxy) is 1. The fourth-order valence-corrected chi connectivity index (χ4v) is 3.04. The highest BCUT2D eigenvalue weighted by Gasteiger charge is 2.16. The van der Waals surface area contributed by atoms with E-state index in [1.54, 1.807) is 13.3 Å². The molecule has 3 nitrogen and oxygen atoms in total. The number of aromatic nitrogens is 1. The minimum atomic E-state index is -0.0734. The van der Waals surface area contributed by atoms with Crippen molar-refractivity contribution >= 4 is 32.5 Å². The van der Waals surface area contributed by atoms with Crippen molar-refractivity contribution in [3.63, 3.8) is 0 Å². The van der Waals surface area contributed by atoms with Crippen LogP contribution in [0.15, 0.2) is 47.1 Å². The van der Waals surface area contributed by atoms with Gasteiger partial charge in [-0.15, -0.1) is 0 Å². The van der Waals surface area contributed by atoms with Gasteiger partial charge in [-0.3, -0.25) is 9.78 Å². The van der Waals surface area contributed by atoms with E-state index in [1.807, 2.05) is 50.2 Å². The Morgan fingerprint density at radius 1 is 1.09 bits per heavy atom. The number of carbonyl (C=O) groups excluding carboxylic acids is 1. The molecule has 0 spiro atoms. The summed E-state index contributed by atoms with van der Waals surface area (Å²) in [5.41, 5.74) is 3.37. The number of fused-ring (bicyclic) bond motifs is 1. The third kappa shape index (κ3) is 2.86. The molecule has 23 heavy (non-hydrogen) atoms. The number of nitrogens with zero attached hydrogens (tertiary/aromatic N) is 1. The van der Waals surface area contributed by atoms with E-state index in [0.29, 0.717) is 11.3 Å². The van der Waals surface area contributed by atoms with Gasteiger partial charge in [0.15, 0.2) is 0 Å². The molecule has 0 radical (unpaired) electrons. The lowest BCUT2D eigenvalue weighted by molar-refractivity contribution is 0.103. The zero-order chi connectivity index (χ0) is 16.6. The summed E-state index contributed by atoms with van der Waals surface area (Å²) in [6, 6.07) is 11.4. The summed E-state index contributed by atoms with van der Waals surface area (Å²) in [6.07, 6.45) is 1.66. The highest BCUT2D eigenvalue weighted by molar-refractivity contribution is 9.10. The summed E-state index contributed by atoms with van der Waals surface area (Å²) in [5, 5.41) is 1.73. The normalized spacial score (nSPS) is 10.8. The molecule has 0 N–H and O–H groups in total. The number of hydrogen-bond donors (Lipinski definition) is 0. The van der Waals surface area contributed by atoms with Gasteiger partial charge in [-0.25, -0.2) is 0 Å². The van der Waals surface area contributed by atoms with Gasteiger partial charge >= 0.3 is 0 Å². The first kappa shape index (κ1) is 15.7. The van der Waals surface area contributed by atoms with E-state index in [4.69, 9.17) is 4.74 Å². The molecule has 0 amide bonds. The van der Waals surface area contributed by atoms with Gasteiger partial charge in [-0.2, -0.15) is 0 Å². The lowest BCUT2D eigenvalue weighted by Gasteiger charge is -2.09. The molecule has 0 atom stereocenters. The molecule has 2 aromatic carbocycles. The first-order valence-corrected chi connectivity index (χ1v) is 8.05. The summed E-state index contributed by atoms with van der Waals surface area (Å²) < 4.78 is 6.12. The van der Waals surface area contributed by atoms with Gasteiger partial charge in [0.1, 0.15) is 11.4 Å². The Balaban J connectivity index is 2.17. The largest absolute Gasteiger partial charge is 0.496 e. The van der Waals surface area contributed by atoms with Crippen LogP contribution < -0.4 is 4.74 Å². The van der Waals surface area contributed by atoms with Gasteiger partial charge in [0.2, 0.25) is 5.78 Å². The molecule has 0 aliphatic rings. The van der Waals surface area contributed by atoms with Crippen LogP contribution in [-0.2, 0) is 0 Å². The number of rotatable bonds is 3. The molecule has 0 aliphatic heterocycles. The highest BCUT2D eigenvalue weighted by Crippen LogP contribution is 2.32. The first-order valence-electron chi connectivity index (χ1n) is 7.25. The van der Waals surface area contributed by atoms with Crippen molar-refractivity contribution in [2.75, 3.05) is 7.11 Å². The van der Waals surface area contributed by atoms with Crippen LogP contribution in [0.5, 0.6) is 5.75 Å². The molecule has 0 saturated carbocycles. The van der Waals surface area contributed by atoms with E-state index in [-0.39, 0.29) is 5.78 Å². The topological polar surface area (TPSA) is 39.2 Å². The second-order valence-electron chi connectivity index (χ2n) is 5.50. The Morgan fingerprint density at radius 2 is 1.87 bits per heavy atom. The van der Waals surface area contributed by atoms with Crippen LogP contribution in [0.25, 0.3) is 10.8 Å². The van der Waals surface area contributed by atoms with E-state index in [2.05, 4.69) is 20.9 Å². The number of ketones is 1. The van der Waals surface area contributed by atoms with Crippen molar-refractivity contribution in [3.05, 3.63) is 69.5 Å². The monoisotopic (exact) mass is 369 g/mol. The second-order valence-corrected chi connectivity index (χ2v) is 6.35. The molecule has 0 aliphatic carbocycles. The fourth-order valence-electron chi connectivity index (χ4n) is 2.53. The molecule has 116 valence electrons. The van der Waals surface area contributed by atoms with Crippen LogP contribution in [0.2, 0.25) is 0 Å². The van der Waals surface area contributed by atoms with Crippen molar-refractivity contribution in [1.29, 1.82) is 0 Å². The van der Waals surface area contributed by atoms with Crippen LogP contribution >= 0.6 is 15.9 Å². The maximum atomic E-state index is 12.9. The maximum Gasteiger partial charge on any atom is 0.211 e. The molecular formula is C19H16BrNO2. The summed E-state index contributed by atoms with van der Waals surface area (Å²) in [4.78, 5) is 17.2. The zero-order valence-electron chi connectivity index (χ0n) is 13.2. The van der Waals surface area contributed by atoms with Crippen molar-refractivity contribution in [2.45, 2.75) is 13.8 Å². The summed E-state index contributed by atoms with van der Waals surface area (Å²) in [7, 11) is 1.62. The van der Waals surface area contributed by atoms with Crippen LogP contribution in [0.1, 0.15) is 27.2 Å². The summed E-state index contributed by atoms with van der Waals surface area (Å²) >= 11 is 3.47. The van der Waals surface area contributed by atoms with Gasteiger partial charge in [0.05, 0.1) is 11.6 Å². The number of halogens is 1. The molecule has 0 bridgehead atoms. The molecular weight excluding hydrogens is 354 g/mol. The average molecular weight is 370 g/mol. The standard InChI is InChI=1S/C19H16BrNO2/c1-11-4-5-14(8-12(11)2)19(22)18-15-10-16(20)17(23-3)9-13(15)6-7-21-18/h4-10H,1-3H3.